The second-order valence-electron chi connectivity index (χ2n) is 7.74. The summed E-state index contributed by atoms with van der Waals surface area (Å²) >= 11 is 0. The highest BCUT2D eigenvalue weighted by Gasteiger charge is 2.32. The van der Waals surface area contributed by atoms with Crippen LogP contribution in [0.3, 0.4) is 0 Å². The van der Waals surface area contributed by atoms with Crippen molar-refractivity contribution in [3.63, 3.8) is 0 Å². The summed E-state index contributed by atoms with van der Waals surface area (Å²) in [6.45, 7) is 1.57. The number of hydrogen-bond acceptors (Lipinski definition) is 5. The van der Waals surface area contributed by atoms with Gasteiger partial charge in [0, 0.05) is 56.8 Å². The number of rotatable bonds is 6. The summed E-state index contributed by atoms with van der Waals surface area (Å²) in [5.74, 6) is -0.184. The van der Waals surface area contributed by atoms with E-state index in [2.05, 4.69) is 9.97 Å². The first kappa shape index (κ1) is 20.9. The quantitative estimate of drug-likeness (QED) is 0.615. The van der Waals surface area contributed by atoms with Crippen molar-refractivity contribution in [2.75, 3.05) is 26.8 Å². The Labute approximate surface area is 181 Å². The summed E-state index contributed by atoms with van der Waals surface area (Å²) in [5.41, 5.74) is 1.41. The second kappa shape index (κ2) is 9.66. The highest BCUT2D eigenvalue weighted by atomic mass is 16.5. The van der Waals surface area contributed by atoms with Crippen molar-refractivity contribution in [3.8, 4) is 0 Å². The summed E-state index contributed by atoms with van der Waals surface area (Å²) in [7, 11) is 1.52. The molecule has 1 aliphatic heterocycles. The van der Waals surface area contributed by atoms with Gasteiger partial charge in [-0.05, 0) is 35.9 Å². The number of amides is 2. The van der Waals surface area contributed by atoms with Gasteiger partial charge in [0.05, 0.1) is 0 Å². The number of carbonyl (C=O) groups is 2. The molecule has 1 unspecified atom stereocenters. The van der Waals surface area contributed by atoms with Gasteiger partial charge in [-0.25, -0.2) is 0 Å². The fraction of sp³-hybridized carbons (Fsp3) is 0.333. The molecule has 3 heterocycles. The van der Waals surface area contributed by atoms with E-state index in [4.69, 9.17) is 4.74 Å². The Morgan fingerprint density at radius 3 is 2.84 bits per heavy atom. The van der Waals surface area contributed by atoms with Gasteiger partial charge in [-0.3, -0.25) is 19.6 Å². The van der Waals surface area contributed by atoms with E-state index >= 15 is 0 Å². The van der Waals surface area contributed by atoms with Crippen LogP contribution in [0.25, 0.3) is 10.8 Å². The molecule has 0 saturated carbocycles. The van der Waals surface area contributed by atoms with Crippen molar-refractivity contribution in [2.24, 2.45) is 0 Å². The van der Waals surface area contributed by atoms with Crippen LogP contribution in [0.5, 0.6) is 0 Å². The lowest BCUT2D eigenvalue weighted by molar-refractivity contribution is -0.139. The van der Waals surface area contributed by atoms with E-state index in [1.54, 1.807) is 18.6 Å². The summed E-state index contributed by atoms with van der Waals surface area (Å²) in [5, 5.41) is 1.84. The van der Waals surface area contributed by atoms with Crippen LogP contribution in [0.1, 0.15) is 28.9 Å². The third-order valence-electron chi connectivity index (χ3n) is 5.66. The van der Waals surface area contributed by atoms with E-state index in [-0.39, 0.29) is 24.5 Å². The molecular formula is C24H26N4O3. The molecule has 0 N–H and O–H groups in total. The standard InChI is InChI=1S/C24H26N4O3/c1-31-17-22(29)28(15-18-6-4-11-25-14-18)20-8-5-13-27(16-20)24(30)23-21-9-3-2-7-19(21)10-12-26-23/h2-4,6-7,9-12,14,20H,5,8,13,15-17H2,1H3. The Balaban J connectivity index is 1.56. The van der Waals surface area contributed by atoms with Gasteiger partial charge in [-0.15, -0.1) is 0 Å². The lowest BCUT2D eigenvalue weighted by Gasteiger charge is -2.39. The van der Waals surface area contributed by atoms with Gasteiger partial charge < -0.3 is 14.5 Å². The third kappa shape index (κ3) is 4.72. The largest absolute Gasteiger partial charge is 0.375 e. The molecule has 2 amide bonds. The van der Waals surface area contributed by atoms with Gasteiger partial charge >= 0.3 is 0 Å². The zero-order chi connectivity index (χ0) is 21.6. The first-order valence-electron chi connectivity index (χ1n) is 10.5. The van der Waals surface area contributed by atoms with Crippen molar-refractivity contribution < 1.29 is 14.3 Å². The lowest BCUT2D eigenvalue weighted by Crippen LogP contribution is -2.52. The van der Waals surface area contributed by atoms with E-state index in [9.17, 15) is 9.59 Å². The minimum absolute atomic E-state index is 0.00951. The summed E-state index contributed by atoms with van der Waals surface area (Å²) < 4.78 is 5.11. The van der Waals surface area contributed by atoms with Crippen molar-refractivity contribution in [1.29, 1.82) is 0 Å². The molecule has 1 saturated heterocycles. The van der Waals surface area contributed by atoms with Crippen molar-refractivity contribution in [3.05, 3.63) is 72.3 Å². The number of benzene rings is 1. The number of fused-ring (bicyclic) bond motifs is 1. The molecular weight excluding hydrogens is 392 g/mol. The summed E-state index contributed by atoms with van der Waals surface area (Å²) in [4.78, 5) is 38.4. The highest BCUT2D eigenvalue weighted by Crippen LogP contribution is 2.23. The molecule has 1 aliphatic rings. The van der Waals surface area contributed by atoms with E-state index in [0.717, 1.165) is 29.2 Å². The number of likely N-dealkylation sites (tertiary alicyclic amines) is 1. The third-order valence-corrected chi connectivity index (χ3v) is 5.66. The van der Waals surface area contributed by atoms with Gasteiger partial charge in [-0.1, -0.05) is 30.3 Å². The number of hydrogen-bond donors (Lipinski definition) is 0. The molecule has 7 heteroatoms. The molecule has 160 valence electrons. The number of carbonyl (C=O) groups excluding carboxylic acids is 2. The Kier molecular flexibility index (Phi) is 6.52. The van der Waals surface area contributed by atoms with Crippen LogP contribution < -0.4 is 0 Å². The topological polar surface area (TPSA) is 75.6 Å². The van der Waals surface area contributed by atoms with Crippen LogP contribution in [-0.4, -0.2) is 64.4 Å². The van der Waals surface area contributed by atoms with E-state index in [1.807, 2.05) is 52.3 Å². The van der Waals surface area contributed by atoms with Crippen LogP contribution in [0.2, 0.25) is 0 Å². The Hall–Kier alpha value is -3.32. The number of ether oxygens (including phenoxy) is 1. The van der Waals surface area contributed by atoms with Gasteiger partial charge in [0.2, 0.25) is 5.91 Å². The second-order valence-corrected chi connectivity index (χ2v) is 7.74. The van der Waals surface area contributed by atoms with E-state index in [0.29, 0.717) is 25.3 Å². The number of methoxy groups -OCH3 is 1. The maximum Gasteiger partial charge on any atom is 0.273 e. The van der Waals surface area contributed by atoms with Crippen LogP contribution in [0.15, 0.2) is 61.1 Å². The molecule has 7 nitrogen and oxygen atoms in total. The van der Waals surface area contributed by atoms with Crippen LogP contribution in [0.4, 0.5) is 0 Å². The lowest BCUT2D eigenvalue weighted by atomic mass is 10.0. The van der Waals surface area contributed by atoms with Gasteiger partial charge in [0.15, 0.2) is 0 Å². The average Bonchev–Trinajstić information content (AvgIpc) is 2.82. The molecule has 0 spiro atoms. The summed E-state index contributed by atoms with van der Waals surface area (Å²) in [6.07, 6.45) is 6.81. The molecule has 0 aliphatic carbocycles. The predicted molar refractivity (Wildman–Crippen MR) is 117 cm³/mol. The monoisotopic (exact) mass is 418 g/mol. The minimum Gasteiger partial charge on any atom is -0.375 e. The van der Waals surface area contributed by atoms with Crippen molar-refractivity contribution in [2.45, 2.75) is 25.4 Å². The van der Waals surface area contributed by atoms with Crippen LogP contribution >= 0.6 is 0 Å². The minimum atomic E-state index is -0.0954. The van der Waals surface area contributed by atoms with Crippen LogP contribution in [-0.2, 0) is 16.1 Å². The zero-order valence-electron chi connectivity index (χ0n) is 17.6. The number of pyridine rings is 2. The highest BCUT2D eigenvalue weighted by molar-refractivity contribution is 6.05. The van der Waals surface area contributed by atoms with E-state index in [1.165, 1.54) is 7.11 Å². The Bertz CT molecular complexity index is 1050. The summed E-state index contributed by atoms with van der Waals surface area (Å²) in [6, 6.07) is 13.4. The fourth-order valence-corrected chi connectivity index (χ4v) is 4.15. The Morgan fingerprint density at radius 2 is 2.03 bits per heavy atom. The van der Waals surface area contributed by atoms with Gasteiger partial charge in [0.25, 0.3) is 5.91 Å². The Morgan fingerprint density at radius 1 is 1.16 bits per heavy atom. The van der Waals surface area contributed by atoms with Crippen LogP contribution in [0, 0.1) is 0 Å². The zero-order valence-corrected chi connectivity index (χ0v) is 17.6. The molecule has 2 aromatic heterocycles. The number of nitrogens with zero attached hydrogens (tertiary/aromatic N) is 4. The van der Waals surface area contributed by atoms with Crippen molar-refractivity contribution in [1.82, 2.24) is 19.8 Å². The fourth-order valence-electron chi connectivity index (χ4n) is 4.15. The maximum atomic E-state index is 13.4. The first-order chi connectivity index (χ1) is 15.2. The molecule has 1 atom stereocenters. The van der Waals surface area contributed by atoms with Gasteiger partial charge in [-0.2, -0.15) is 0 Å². The molecule has 0 radical (unpaired) electrons. The molecule has 3 aromatic rings. The normalized spacial score (nSPS) is 16.3. The smallest absolute Gasteiger partial charge is 0.273 e. The molecule has 31 heavy (non-hydrogen) atoms. The first-order valence-corrected chi connectivity index (χ1v) is 10.5. The molecule has 1 aromatic carbocycles. The maximum absolute atomic E-state index is 13.4. The molecule has 1 fully saturated rings. The molecule has 4 rings (SSSR count). The molecule has 0 bridgehead atoms. The van der Waals surface area contributed by atoms with Crippen molar-refractivity contribution >= 4 is 22.6 Å². The number of aromatic nitrogens is 2. The number of piperidine rings is 1. The average molecular weight is 418 g/mol. The predicted octanol–water partition coefficient (Wildman–Crippen LogP) is 2.91. The van der Waals surface area contributed by atoms with E-state index < -0.39 is 0 Å². The van der Waals surface area contributed by atoms with Gasteiger partial charge in [0.1, 0.15) is 12.3 Å². The SMILES string of the molecule is COCC(=O)N(Cc1cccnc1)C1CCCN(C(=O)c2nccc3ccccc23)C1.